The number of rotatable bonds is 5. The van der Waals surface area contributed by atoms with Crippen molar-refractivity contribution in [3.63, 3.8) is 0 Å². The van der Waals surface area contributed by atoms with Gasteiger partial charge in [-0.05, 0) is 38.0 Å². The van der Waals surface area contributed by atoms with Crippen molar-refractivity contribution in [3.8, 4) is 11.5 Å². The lowest BCUT2D eigenvalue weighted by Crippen LogP contribution is -2.46. The Hall–Kier alpha value is -2.73. The maximum absolute atomic E-state index is 13.2. The second-order valence-corrected chi connectivity index (χ2v) is 6.81. The SMILES string of the molecule is CCOc1cccc([C@H]2Nc3ccccc3C(=O)N2C[C@H]2CCCO2)c1O. The molecule has 2 N–H and O–H groups in total. The van der Waals surface area contributed by atoms with Gasteiger partial charge in [0.25, 0.3) is 5.91 Å². The molecule has 0 aromatic heterocycles. The molecule has 1 saturated heterocycles. The zero-order chi connectivity index (χ0) is 18.8. The summed E-state index contributed by atoms with van der Waals surface area (Å²) in [6.07, 6.45) is 1.47. The van der Waals surface area contributed by atoms with Crippen molar-refractivity contribution in [2.24, 2.45) is 0 Å². The average molecular weight is 368 g/mol. The van der Waals surface area contributed by atoms with E-state index in [9.17, 15) is 9.90 Å². The van der Waals surface area contributed by atoms with E-state index in [1.54, 1.807) is 11.0 Å². The van der Waals surface area contributed by atoms with Gasteiger partial charge in [-0.15, -0.1) is 0 Å². The van der Waals surface area contributed by atoms with Crippen LogP contribution in [0.2, 0.25) is 0 Å². The Labute approximate surface area is 158 Å². The Morgan fingerprint density at radius 3 is 2.89 bits per heavy atom. The van der Waals surface area contributed by atoms with Crippen LogP contribution in [0.5, 0.6) is 11.5 Å². The third-order valence-corrected chi connectivity index (χ3v) is 5.07. The standard InChI is InChI=1S/C21H24N2O4/c1-2-26-18-11-5-9-16(19(18)24)20-22-17-10-4-3-8-15(17)21(25)23(20)13-14-7-6-12-27-14/h3-5,8-11,14,20,22,24H,2,6-7,12-13H2,1H3/t14-,20+/m1/s1. The molecule has 4 rings (SSSR count). The predicted molar refractivity (Wildman–Crippen MR) is 102 cm³/mol. The maximum atomic E-state index is 13.2. The summed E-state index contributed by atoms with van der Waals surface area (Å²) < 4.78 is 11.3. The Bertz CT molecular complexity index is 833. The lowest BCUT2D eigenvalue weighted by molar-refractivity contribution is 0.0424. The highest BCUT2D eigenvalue weighted by Gasteiger charge is 2.36. The summed E-state index contributed by atoms with van der Waals surface area (Å²) >= 11 is 0. The maximum Gasteiger partial charge on any atom is 0.257 e. The average Bonchev–Trinajstić information content (AvgIpc) is 3.19. The monoisotopic (exact) mass is 368 g/mol. The van der Waals surface area contributed by atoms with Crippen LogP contribution < -0.4 is 10.1 Å². The lowest BCUT2D eigenvalue weighted by atomic mass is 10.0. The van der Waals surface area contributed by atoms with E-state index < -0.39 is 6.17 Å². The van der Waals surface area contributed by atoms with E-state index in [-0.39, 0.29) is 17.8 Å². The molecular weight excluding hydrogens is 344 g/mol. The second kappa shape index (κ2) is 7.48. The minimum atomic E-state index is -0.489. The highest BCUT2D eigenvalue weighted by Crippen LogP contribution is 2.40. The van der Waals surface area contributed by atoms with Crippen LogP contribution in [0.3, 0.4) is 0 Å². The number of nitrogens with one attached hydrogen (secondary N) is 1. The van der Waals surface area contributed by atoms with Crippen molar-refractivity contribution in [2.75, 3.05) is 25.1 Å². The van der Waals surface area contributed by atoms with Crippen LogP contribution in [0.4, 0.5) is 5.69 Å². The predicted octanol–water partition coefficient (Wildman–Crippen LogP) is 3.54. The van der Waals surface area contributed by atoms with E-state index in [2.05, 4.69) is 5.32 Å². The van der Waals surface area contributed by atoms with Gasteiger partial charge in [0.2, 0.25) is 0 Å². The number of ether oxygens (including phenoxy) is 2. The number of phenols is 1. The van der Waals surface area contributed by atoms with Crippen molar-refractivity contribution >= 4 is 11.6 Å². The van der Waals surface area contributed by atoms with E-state index in [4.69, 9.17) is 9.47 Å². The third kappa shape index (κ3) is 3.32. The third-order valence-electron chi connectivity index (χ3n) is 5.07. The van der Waals surface area contributed by atoms with Gasteiger partial charge in [-0.25, -0.2) is 0 Å². The zero-order valence-electron chi connectivity index (χ0n) is 15.4. The summed E-state index contributed by atoms with van der Waals surface area (Å²) in [5.74, 6) is 0.410. The first kappa shape index (κ1) is 17.7. The number of hydrogen-bond donors (Lipinski definition) is 2. The normalized spacial score (nSPS) is 21.7. The van der Waals surface area contributed by atoms with E-state index in [1.807, 2.05) is 43.3 Å². The molecule has 27 heavy (non-hydrogen) atoms. The van der Waals surface area contributed by atoms with Gasteiger partial charge in [-0.2, -0.15) is 0 Å². The van der Waals surface area contributed by atoms with Gasteiger partial charge in [-0.1, -0.05) is 24.3 Å². The summed E-state index contributed by atoms with van der Waals surface area (Å²) in [7, 11) is 0. The molecule has 2 heterocycles. The summed E-state index contributed by atoms with van der Waals surface area (Å²) in [5, 5.41) is 14.2. The number of phenolic OH excluding ortho intramolecular Hbond substituents is 1. The fraction of sp³-hybridized carbons (Fsp3) is 0.381. The Morgan fingerprint density at radius 2 is 2.11 bits per heavy atom. The highest BCUT2D eigenvalue weighted by atomic mass is 16.5. The van der Waals surface area contributed by atoms with Gasteiger partial charge < -0.3 is 24.8 Å². The van der Waals surface area contributed by atoms with Crippen LogP contribution in [-0.2, 0) is 4.74 Å². The van der Waals surface area contributed by atoms with E-state index in [0.717, 1.165) is 25.1 Å². The molecule has 0 unspecified atom stereocenters. The number of amides is 1. The number of carbonyl (C=O) groups is 1. The molecule has 0 spiro atoms. The molecule has 2 aromatic carbocycles. The Morgan fingerprint density at radius 1 is 1.26 bits per heavy atom. The molecule has 1 amide bonds. The molecule has 2 aliphatic heterocycles. The van der Waals surface area contributed by atoms with Gasteiger partial charge in [0, 0.05) is 24.4 Å². The van der Waals surface area contributed by atoms with Crippen molar-refractivity contribution in [1.82, 2.24) is 4.90 Å². The summed E-state index contributed by atoms with van der Waals surface area (Å²) in [5.41, 5.74) is 2.01. The van der Waals surface area contributed by atoms with E-state index >= 15 is 0 Å². The van der Waals surface area contributed by atoms with Crippen molar-refractivity contribution in [2.45, 2.75) is 32.0 Å². The van der Waals surface area contributed by atoms with Crippen LogP contribution in [0, 0.1) is 0 Å². The van der Waals surface area contributed by atoms with Crippen molar-refractivity contribution in [1.29, 1.82) is 0 Å². The van der Waals surface area contributed by atoms with Crippen molar-refractivity contribution < 1.29 is 19.4 Å². The van der Waals surface area contributed by atoms with Gasteiger partial charge in [0.15, 0.2) is 11.5 Å². The van der Waals surface area contributed by atoms with Crippen LogP contribution in [-0.4, -0.2) is 41.8 Å². The quantitative estimate of drug-likeness (QED) is 0.845. The summed E-state index contributed by atoms with van der Waals surface area (Å²) in [6, 6.07) is 12.8. The number of anilines is 1. The Balaban J connectivity index is 1.74. The van der Waals surface area contributed by atoms with Crippen LogP contribution >= 0.6 is 0 Å². The molecule has 142 valence electrons. The zero-order valence-corrected chi connectivity index (χ0v) is 15.4. The number of aromatic hydroxyl groups is 1. The fourth-order valence-electron chi connectivity index (χ4n) is 3.77. The molecule has 2 aromatic rings. The number of hydrogen-bond acceptors (Lipinski definition) is 5. The van der Waals surface area contributed by atoms with Gasteiger partial charge in [-0.3, -0.25) is 4.79 Å². The number of nitrogens with zero attached hydrogens (tertiary/aromatic N) is 1. The molecular formula is C21H24N2O4. The van der Waals surface area contributed by atoms with Crippen LogP contribution in [0.1, 0.15) is 41.9 Å². The van der Waals surface area contributed by atoms with Crippen LogP contribution in [0.25, 0.3) is 0 Å². The number of fused-ring (bicyclic) bond motifs is 1. The first-order chi connectivity index (χ1) is 13.2. The molecule has 0 radical (unpaired) electrons. The molecule has 0 saturated carbocycles. The largest absolute Gasteiger partial charge is 0.504 e. The molecule has 2 atom stereocenters. The first-order valence-electron chi connectivity index (χ1n) is 9.42. The smallest absolute Gasteiger partial charge is 0.257 e. The summed E-state index contributed by atoms with van der Waals surface area (Å²) in [4.78, 5) is 15.0. The fourth-order valence-corrected chi connectivity index (χ4v) is 3.77. The van der Waals surface area contributed by atoms with Gasteiger partial charge >= 0.3 is 0 Å². The highest BCUT2D eigenvalue weighted by molar-refractivity contribution is 6.01. The number of benzene rings is 2. The van der Waals surface area contributed by atoms with Gasteiger partial charge in [0.05, 0.1) is 18.3 Å². The van der Waals surface area contributed by atoms with Gasteiger partial charge in [0.1, 0.15) is 6.17 Å². The first-order valence-corrected chi connectivity index (χ1v) is 9.42. The number of carbonyl (C=O) groups excluding carboxylic acids is 1. The lowest BCUT2D eigenvalue weighted by Gasteiger charge is -2.39. The molecule has 6 nitrogen and oxygen atoms in total. The molecule has 0 aliphatic carbocycles. The minimum Gasteiger partial charge on any atom is -0.504 e. The van der Waals surface area contributed by atoms with E-state index in [0.29, 0.717) is 30.0 Å². The minimum absolute atomic E-state index is 0.0146. The molecule has 1 fully saturated rings. The Kier molecular flexibility index (Phi) is 4.90. The topological polar surface area (TPSA) is 71.0 Å². The van der Waals surface area contributed by atoms with Crippen molar-refractivity contribution in [3.05, 3.63) is 53.6 Å². The van der Waals surface area contributed by atoms with E-state index in [1.165, 1.54) is 0 Å². The number of para-hydroxylation sites is 2. The summed E-state index contributed by atoms with van der Waals surface area (Å²) in [6.45, 7) is 3.53. The molecule has 6 heteroatoms. The molecule has 0 bridgehead atoms. The van der Waals surface area contributed by atoms with Crippen LogP contribution in [0.15, 0.2) is 42.5 Å². The molecule has 2 aliphatic rings. The second-order valence-electron chi connectivity index (χ2n) is 6.81.